The molecule has 0 aliphatic heterocycles. The van der Waals surface area contributed by atoms with Gasteiger partial charge in [0.25, 0.3) is 0 Å². The zero-order valence-corrected chi connectivity index (χ0v) is 14.0. The number of rotatable bonds is 8. The van der Waals surface area contributed by atoms with Crippen LogP contribution in [-0.4, -0.2) is 58.2 Å². The zero-order valence-electron chi connectivity index (χ0n) is 14.0. The van der Waals surface area contributed by atoms with E-state index in [2.05, 4.69) is 10.4 Å². The number of hydrogen-bond acceptors (Lipinski definition) is 5. The fourth-order valence-electron chi connectivity index (χ4n) is 1.83. The largest absolute Gasteiger partial charge is 0.444 e. The zero-order chi connectivity index (χ0) is 16.6. The van der Waals surface area contributed by atoms with Crippen LogP contribution in [0.1, 0.15) is 32.8 Å². The lowest BCUT2D eigenvalue weighted by atomic mass is 10.2. The van der Waals surface area contributed by atoms with Crippen molar-refractivity contribution in [1.29, 1.82) is 0 Å². The molecule has 0 saturated heterocycles. The number of aliphatic hydroxyl groups is 1. The number of nitrogens with one attached hydrogen (secondary N) is 1. The van der Waals surface area contributed by atoms with E-state index in [0.29, 0.717) is 13.1 Å². The number of carbonyl (C=O) groups is 1. The molecule has 7 heteroatoms. The van der Waals surface area contributed by atoms with Crippen LogP contribution in [0, 0.1) is 0 Å². The van der Waals surface area contributed by atoms with Crippen molar-refractivity contribution in [2.24, 2.45) is 0 Å². The van der Waals surface area contributed by atoms with Gasteiger partial charge in [-0.3, -0.25) is 4.68 Å². The van der Waals surface area contributed by atoms with E-state index in [4.69, 9.17) is 9.84 Å². The van der Waals surface area contributed by atoms with Crippen LogP contribution in [0.4, 0.5) is 4.79 Å². The van der Waals surface area contributed by atoms with Crippen LogP contribution in [-0.2, 0) is 17.8 Å². The van der Waals surface area contributed by atoms with Crippen molar-refractivity contribution in [3.05, 3.63) is 18.0 Å². The Morgan fingerprint density at radius 3 is 2.86 bits per heavy atom. The second-order valence-corrected chi connectivity index (χ2v) is 6.27. The molecule has 7 nitrogen and oxygen atoms in total. The van der Waals surface area contributed by atoms with Crippen molar-refractivity contribution in [2.75, 3.05) is 26.7 Å². The molecule has 2 N–H and O–H groups in total. The minimum atomic E-state index is -0.460. The van der Waals surface area contributed by atoms with Crippen molar-refractivity contribution in [2.45, 2.75) is 45.9 Å². The number of aliphatic hydroxyl groups excluding tert-OH is 1. The molecule has 0 spiro atoms. The minimum Gasteiger partial charge on any atom is -0.444 e. The first-order chi connectivity index (χ1) is 10.3. The molecule has 0 unspecified atom stereocenters. The van der Waals surface area contributed by atoms with E-state index in [1.54, 1.807) is 22.8 Å². The summed E-state index contributed by atoms with van der Waals surface area (Å²) in [6.07, 6.45) is 4.25. The Balaban J connectivity index is 2.15. The van der Waals surface area contributed by atoms with Crippen molar-refractivity contribution in [1.82, 2.24) is 20.0 Å². The number of nitrogens with zero attached hydrogens (tertiary/aromatic N) is 3. The number of ether oxygens (including phenoxy) is 1. The second kappa shape index (κ2) is 8.75. The van der Waals surface area contributed by atoms with Crippen molar-refractivity contribution >= 4 is 6.09 Å². The molecule has 1 aromatic heterocycles. The van der Waals surface area contributed by atoms with Crippen LogP contribution in [0.5, 0.6) is 0 Å². The predicted molar refractivity (Wildman–Crippen MR) is 84.5 cm³/mol. The lowest BCUT2D eigenvalue weighted by Crippen LogP contribution is -2.35. The molecular weight excluding hydrogens is 284 g/mol. The van der Waals surface area contributed by atoms with Gasteiger partial charge >= 0.3 is 6.09 Å². The van der Waals surface area contributed by atoms with Gasteiger partial charge in [-0.05, 0) is 33.7 Å². The van der Waals surface area contributed by atoms with Crippen LogP contribution >= 0.6 is 0 Å². The standard InChI is InChI=1S/C15H28N4O3/c1-15(2,3)22-14(21)18(4)7-5-6-16-10-13-11-17-19(12-13)8-9-20/h11-12,16,20H,5-10H2,1-4H3. The van der Waals surface area contributed by atoms with Crippen LogP contribution in [0.15, 0.2) is 12.4 Å². The Morgan fingerprint density at radius 1 is 1.50 bits per heavy atom. The van der Waals surface area contributed by atoms with E-state index >= 15 is 0 Å². The van der Waals surface area contributed by atoms with E-state index in [9.17, 15) is 4.79 Å². The summed E-state index contributed by atoms with van der Waals surface area (Å²) < 4.78 is 7.00. The highest BCUT2D eigenvalue weighted by molar-refractivity contribution is 5.67. The Morgan fingerprint density at radius 2 is 2.23 bits per heavy atom. The van der Waals surface area contributed by atoms with Gasteiger partial charge in [-0.2, -0.15) is 5.10 Å². The van der Waals surface area contributed by atoms with E-state index < -0.39 is 5.60 Å². The lowest BCUT2D eigenvalue weighted by Gasteiger charge is -2.24. The summed E-state index contributed by atoms with van der Waals surface area (Å²) in [5, 5.41) is 16.3. The van der Waals surface area contributed by atoms with Gasteiger partial charge in [0, 0.05) is 31.9 Å². The van der Waals surface area contributed by atoms with Gasteiger partial charge in [0.1, 0.15) is 5.60 Å². The van der Waals surface area contributed by atoms with Crippen LogP contribution < -0.4 is 5.32 Å². The van der Waals surface area contributed by atoms with Crippen LogP contribution in [0.2, 0.25) is 0 Å². The average Bonchev–Trinajstić information content (AvgIpc) is 2.84. The Labute approximate surface area is 132 Å². The molecule has 0 fully saturated rings. The second-order valence-electron chi connectivity index (χ2n) is 6.27. The maximum Gasteiger partial charge on any atom is 0.410 e. The summed E-state index contributed by atoms with van der Waals surface area (Å²) in [5.41, 5.74) is 0.618. The molecule has 0 aromatic carbocycles. The molecule has 1 aromatic rings. The van der Waals surface area contributed by atoms with Gasteiger partial charge in [-0.25, -0.2) is 4.79 Å². The van der Waals surface area contributed by atoms with Gasteiger partial charge in [0.2, 0.25) is 0 Å². The lowest BCUT2D eigenvalue weighted by molar-refractivity contribution is 0.0297. The van der Waals surface area contributed by atoms with Crippen molar-refractivity contribution in [3.8, 4) is 0 Å². The third-order valence-corrected chi connectivity index (χ3v) is 2.90. The van der Waals surface area contributed by atoms with Gasteiger partial charge in [0.15, 0.2) is 0 Å². The van der Waals surface area contributed by atoms with Gasteiger partial charge in [0.05, 0.1) is 19.3 Å². The summed E-state index contributed by atoms with van der Waals surface area (Å²) in [7, 11) is 1.74. The summed E-state index contributed by atoms with van der Waals surface area (Å²) in [6, 6.07) is 0. The Kier molecular flexibility index (Phi) is 7.34. The maximum atomic E-state index is 11.8. The van der Waals surface area contributed by atoms with E-state index in [0.717, 1.165) is 25.1 Å². The number of aromatic nitrogens is 2. The molecular formula is C15H28N4O3. The predicted octanol–water partition coefficient (Wildman–Crippen LogP) is 1.22. The Bertz CT molecular complexity index is 454. The summed E-state index contributed by atoms with van der Waals surface area (Å²) in [4.78, 5) is 13.3. The third-order valence-electron chi connectivity index (χ3n) is 2.90. The van der Waals surface area contributed by atoms with E-state index in [-0.39, 0.29) is 12.7 Å². The monoisotopic (exact) mass is 312 g/mol. The summed E-state index contributed by atoms with van der Waals surface area (Å²) in [6.45, 7) is 8.35. The summed E-state index contributed by atoms with van der Waals surface area (Å²) >= 11 is 0. The highest BCUT2D eigenvalue weighted by Gasteiger charge is 2.18. The van der Waals surface area contributed by atoms with Crippen LogP contribution in [0.3, 0.4) is 0 Å². The van der Waals surface area contributed by atoms with Gasteiger partial charge in [-0.1, -0.05) is 0 Å². The molecule has 0 radical (unpaired) electrons. The molecule has 126 valence electrons. The summed E-state index contributed by atoms with van der Waals surface area (Å²) in [5.74, 6) is 0. The molecule has 0 atom stereocenters. The smallest absolute Gasteiger partial charge is 0.410 e. The molecule has 1 heterocycles. The van der Waals surface area contributed by atoms with Crippen LogP contribution in [0.25, 0.3) is 0 Å². The number of amides is 1. The first-order valence-corrected chi connectivity index (χ1v) is 7.59. The fourth-order valence-corrected chi connectivity index (χ4v) is 1.83. The van der Waals surface area contributed by atoms with E-state index in [1.807, 2.05) is 27.0 Å². The quantitative estimate of drug-likeness (QED) is 0.706. The molecule has 1 rings (SSSR count). The first kappa shape index (κ1) is 18.4. The molecule has 22 heavy (non-hydrogen) atoms. The average molecular weight is 312 g/mol. The topological polar surface area (TPSA) is 79.6 Å². The third kappa shape index (κ3) is 7.42. The molecule has 0 bridgehead atoms. The fraction of sp³-hybridized carbons (Fsp3) is 0.733. The number of hydrogen-bond donors (Lipinski definition) is 2. The minimum absolute atomic E-state index is 0.0888. The van der Waals surface area contributed by atoms with Gasteiger partial charge in [-0.15, -0.1) is 0 Å². The molecule has 1 amide bonds. The van der Waals surface area contributed by atoms with Gasteiger partial charge < -0.3 is 20.1 Å². The molecule has 0 aliphatic carbocycles. The molecule has 0 saturated carbocycles. The first-order valence-electron chi connectivity index (χ1n) is 7.59. The van der Waals surface area contributed by atoms with Crippen molar-refractivity contribution in [3.63, 3.8) is 0 Å². The SMILES string of the molecule is CN(CCCNCc1cnn(CCO)c1)C(=O)OC(C)(C)C. The molecule has 0 aliphatic rings. The highest BCUT2D eigenvalue weighted by atomic mass is 16.6. The highest BCUT2D eigenvalue weighted by Crippen LogP contribution is 2.09. The Hall–Kier alpha value is -1.60. The maximum absolute atomic E-state index is 11.8. The van der Waals surface area contributed by atoms with Crippen molar-refractivity contribution < 1.29 is 14.6 Å². The normalized spacial score (nSPS) is 11.5. The van der Waals surface area contributed by atoms with E-state index in [1.165, 1.54) is 0 Å². The number of carbonyl (C=O) groups excluding carboxylic acids is 1.